The maximum Gasteiger partial charge on any atom is 0.132 e. The minimum Gasteiger partial charge on any atom is -0.379 e. The lowest BCUT2D eigenvalue weighted by atomic mass is 10.2. The van der Waals surface area contributed by atoms with Crippen molar-refractivity contribution in [1.82, 2.24) is 10.3 Å². The van der Waals surface area contributed by atoms with Crippen molar-refractivity contribution in [3.8, 4) is 0 Å². The fourth-order valence-corrected chi connectivity index (χ4v) is 2.36. The van der Waals surface area contributed by atoms with Crippen LogP contribution in [-0.4, -0.2) is 38.8 Å². The van der Waals surface area contributed by atoms with Crippen molar-refractivity contribution in [2.24, 2.45) is 5.92 Å². The average molecular weight is 328 g/mol. The molecule has 1 aliphatic rings. The number of hydrogen-bond acceptors (Lipinski definition) is 4. The van der Waals surface area contributed by atoms with Gasteiger partial charge in [0.2, 0.25) is 0 Å². The molecule has 0 unspecified atom stereocenters. The fraction of sp³-hybridized carbons (Fsp3) is 0.643. The first-order valence-electron chi connectivity index (χ1n) is 6.78. The highest BCUT2D eigenvalue weighted by Crippen LogP contribution is 2.28. The molecule has 0 atom stereocenters. The first-order chi connectivity index (χ1) is 9.20. The predicted octanol–water partition coefficient (Wildman–Crippen LogP) is 2.43. The minimum absolute atomic E-state index is 0.768. The summed E-state index contributed by atoms with van der Waals surface area (Å²) in [6, 6.07) is 2.11. The van der Waals surface area contributed by atoms with Crippen molar-refractivity contribution in [2.45, 2.75) is 19.4 Å². The number of rotatable bonds is 8. The van der Waals surface area contributed by atoms with E-state index in [1.165, 1.54) is 18.4 Å². The Hall–Kier alpha value is -0.650. The summed E-state index contributed by atoms with van der Waals surface area (Å²) >= 11 is 3.47. The predicted molar refractivity (Wildman–Crippen MR) is 81.5 cm³/mol. The van der Waals surface area contributed by atoms with E-state index in [0.717, 1.165) is 42.5 Å². The smallest absolute Gasteiger partial charge is 0.132 e. The van der Waals surface area contributed by atoms with Gasteiger partial charge in [0.25, 0.3) is 0 Å². The Morgan fingerprint density at radius 2 is 2.32 bits per heavy atom. The molecular weight excluding hydrogens is 306 g/mol. The summed E-state index contributed by atoms with van der Waals surface area (Å²) in [5.41, 5.74) is 1.20. The Balaban J connectivity index is 1.86. The molecule has 106 valence electrons. The van der Waals surface area contributed by atoms with E-state index in [1.54, 1.807) is 0 Å². The molecular formula is C14H22BrN3O. The number of pyridine rings is 1. The molecule has 2 rings (SSSR count). The molecule has 0 bridgehead atoms. The van der Waals surface area contributed by atoms with Crippen LogP contribution in [0.25, 0.3) is 0 Å². The Labute approximate surface area is 123 Å². The molecule has 0 saturated heterocycles. The topological polar surface area (TPSA) is 37.4 Å². The highest BCUT2D eigenvalue weighted by molar-refractivity contribution is 9.10. The van der Waals surface area contributed by atoms with E-state index in [0.29, 0.717) is 0 Å². The number of likely N-dealkylation sites (N-methyl/N-ethyl adjacent to an activating group) is 1. The van der Waals surface area contributed by atoms with Gasteiger partial charge in [-0.1, -0.05) is 0 Å². The SMILES string of the molecule is CNCc1cc(Br)cnc1N(C)CCOCC1CC1. The van der Waals surface area contributed by atoms with Crippen LogP contribution in [0.15, 0.2) is 16.7 Å². The summed E-state index contributed by atoms with van der Waals surface area (Å²) in [4.78, 5) is 6.67. The Bertz CT molecular complexity index is 410. The summed E-state index contributed by atoms with van der Waals surface area (Å²) in [6.45, 7) is 3.38. The summed E-state index contributed by atoms with van der Waals surface area (Å²) in [5.74, 6) is 1.85. The van der Waals surface area contributed by atoms with Gasteiger partial charge >= 0.3 is 0 Å². The maximum absolute atomic E-state index is 5.68. The lowest BCUT2D eigenvalue weighted by Gasteiger charge is -2.21. The molecule has 0 amide bonds. The van der Waals surface area contributed by atoms with Gasteiger partial charge in [-0.05, 0) is 47.8 Å². The highest BCUT2D eigenvalue weighted by atomic mass is 79.9. The number of hydrogen-bond donors (Lipinski definition) is 1. The number of nitrogens with one attached hydrogen (secondary N) is 1. The quantitative estimate of drug-likeness (QED) is 0.744. The third-order valence-corrected chi connectivity index (χ3v) is 3.69. The van der Waals surface area contributed by atoms with E-state index in [-0.39, 0.29) is 0 Å². The van der Waals surface area contributed by atoms with Crippen LogP contribution >= 0.6 is 15.9 Å². The highest BCUT2D eigenvalue weighted by Gasteiger charge is 2.21. The van der Waals surface area contributed by atoms with Crippen LogP contribution in [0.4, 0.5) is 5.82 Å². The van der Waals surface area contributed by atoms with E-state index >= 15 is 0 Å². The monoisotopic (exact) mass is 327 g/mol. The van der Waals surface area contributed by atoms with Crippen molar-refractivity contribution in [3.05, 3.63) is 22.3 Å². The van der Waals surface area contributed by atoms with Crippen LogP contribution in [0.3, 0.4) is 0 Å². The van der Waals surface area contributed by atoms with Crippen molar-refractivity contribution in [3.63, 3.8) is 0 Å². The first-order valence-corrected chi connectivity index (χ1v) is 7.58. The van der Waals surface area contributed by atoms with Gasteiger partial charge in [-0.3, -0.25) is 0 Å². The average Bonchev–Trinajstić information content (AvgIpc) is 3.19. The van der Waals surface area contributed by atoms with E-state index < -0.39 is 0 Å². The first kappa shape index (κ1) is 14.8. The van der Waals surface area contributed by atoms with Crippen LogP contribution in [0.2, 0.25) is 0 Å². The van der Waals surface area contributed by atoms with Crippen LogP contribution < -0.4 is 10.2 Å². The second-order valence-electron chi connectivity index (χ2n) is 5.11. The molecule has 1 aliphatic carbocycles. The van der Waals surface area contributed by atoms with E-state index in [2.05, 4.69) is 44.2 Å². The zero-order valence-corrected chi connectivity index (χ0v) is 13.2. The van der Waals surface area contributed by atoms with Gasteiger partial charge in [-0.15, -0.1) is 0 Å². The van der Waals surface area contributed by atoms with E-state index in [4.69, 9.17) is 4.74 Å². The number of nitrogens with zero attached hydrogens (tertiary/aromatic N) is 2. The largest absolute Gasteiger partial charge is 0.379 e. The number of halogens is 1. The molecule has 19 heavy (non-hydrogen) atoms. The van der Waals surface area contributed by atoms with Gasteiger partial charge in [0.1, 0.15) is 5.82 Å². The van der Waals surface area contributed by atoms with Gasteiger partial charge in [0, 0.05) is 43.0 Å². The third kappa shape index (κ3) is 4.75. The molecule has 5 heteroatoms. The molecule has 1 N–H and O–H groups in total. The van der Waals surface area contributed by atoms with Crippen molar-refractivity contribution < 1.29 is 4.74 Å². The molecule has 1 aromatic rings. The van der Waals surface area contributed by atoms with Gasteiger partial charge in [-0.2, -0.15) is 0 Å². The minimum atomic E-state index is 0.768. The fourth-order valence-electron chi connectivity index (χ4n) is 1.98. The summed E-state index contributed by atoms with van der Waals surface area (Å²) < 4.78 is 6.69. The van der Waals surface area contributed by atoms with Crippen molar-refractivity contribution in [1.29, 1.82) is 0 Å². The molecule has 0 aromatic carbocycles. The third-order valence-electron chi connectivity index (χ3n) is 3.26. The Morgan fingerprint density at radius 3 is 3.00 bits per heavy atom. The zero-order chi connectivity index (χ0) is 13.7. The van der Waals surface area contributed by atoms with Crippen LogP contribution in [0.5, 0.6) is 0 Å². The molecule has 1 aromatic heterocycles. The van der Waals surface area contributed by atoms with Crippen LogP contribution in [0, 0.1) is 5.92 Å². The summed E-state index contributed by atoms with van der Waals surface area (Å²) in [6.07, 6.45) is 4.53. The lowest BCUT2D eigenvalue weighted by Crippen LogP contribution is -2.26. The maximum atomic E-state index is 5.68. The molecule has 0 spiro atoms. The van der Waals surface area contributed by atoms with Gasteiger partial charge < -0.3 is 15.0 Å². The lowest BCUT2D eigenvalue weighted by molar-refractivity contribution is 0.130. The van der Waals surface area contributed by atoms with Crippen molar-refractivity contribution >= 4 is 21.7 Å². The summed E-state index contributed by atoms with van der Waals surface area (Å²) in [5, 5.41) is 3.18. The number of aromatic nitrogens is 1. The van der Waals surface area contributed by atoms with Crippen LogP contribution in [-0.2, 0) is 11.3 Å². The molecule has 1 heterocycles. The molecule has 4 nitrogen and oxygen atoms in total. The standard InChI is InChI=1S/C14H22BrN3O/c1-16-8-12-7-13(15)9-17-14(12)18(2)5-6-19-10-11-3-4-11/h7,9,11,16H,3-6,8,10H2,1-2H3. The molecule has 1 fully saturated rings. The van der Waals surface area contributed by atoms with Gasteiger partial charge in [-0.25, -0.2) is 4.98 Å². The van der Waals surface area contributed by atoms with Crippen molar-refractivity contribution in [2.75, 3.05) is 38.8 Å². The number of ether oxygens (including phenoxy) is 1. The van der Waals surface area contributed by atoms with Gasteiger partial charge in [0.15, 0.2) is 0 Å². The Morgan fingerprint density at radius 1 is 1.53 bits per heavy atom. The summed E-state index contributed by atoms with van der Waals surface area (Å²) in [7, 11) is 4.01. The molecule has 0 aliphatic heterocycles. The Kier molecular flexibility index (Phi) is 5.60. The normalized spacial score (nSPS) is 14.7. The second kappa shape index (κ2) is 7.22. The zero-order valence-electron chi connectivity index (χ0n) is 11.7. The van der Waals surface area contributed by atoms with E-state index in [9.17, 15) is 0 Å². The second-order valence-corrected chi connectivity index (χ2v) is 6.02. The van der Waals surface area contributed by atoms with Gasteiger partial charge in [0.05, 0.1) is 6.61 Å². The van der Waals surface area contributed by atoms with Crippen LogP contribution in [0.1, 0.15) is 18.4 Å². The van der Waals surface area contributed by atoms with E-state index in [1.807, 2.05) is 13.2 Å². The molecule has 0 radical (unpaired) electrons. The number of anilines is 1. The molecule has 1 saturated carbocycles.